The summed E-state index contributed by atoms with van der Waals surface area (Å²) in [6.45, 7) is 0.540. The molecular formula is C18H24Cl2N2O3S2. The lowest BCUT2D eigenvalue weighted by molar-refractivity contribution is -0.122. The monoisotopic (exact) mass is 450 g/mol. The molecule has 1 aliphatic rings. The zero-order valence-electron chi connectivity index (χ0n) is 15.1. The molecule has 0 fully saturated rings. The number of benzene rings is 1. The van der Waals surface area contributed by atoms with E-state index in [-0.39, 0.29) is 20.8 Å². The van der Waals surface area contributed by atoms with Crippen LogP contribution in [0.25, 0.3) is 0 Å². The molecule has 0 saturated carbocycles. The van der Waals surface area contributed by atoms with E-state index in [1.807, 2.05) is 6.26 Å². The average molecular weight is 451 g/mol. The van der Waals surface area contributed by atoms with Crippen LogP contribution >= 0.6 is 35.0 Å². The van der Waals surface area contributed by atoms with Crippen LogP contribution in [0.5, 0.6) is 0 Å². The molecule has 1 amide bonds. The normalized spacial score (nSPS) is 18.3. The van der Waals surface area contributed by atoms with Gasteiger partial charge in [-0.15, -0.1) is 0 Å². The lowest BCUT2D eigenvalue weighted by atomic mass is 9.94. The van der Waals surface area contributed by atoms with E-state index in [1.165, 1.54) is 18.2 Å². The van der Waals surface area contributed by atoms with Gasteiger partial charge in [-0.3, -0.25) is 4.79 Å². The van der Waals surface area contributed by atoms with E-state index < -0.39 is 16.1 Å². The molecule has 9 heteroatoms. The first-order chi connectivity index (χ1) is 12.8. The second kappa shape index (κ2) is 10.7. The quantitative estimate of drug-likeness (QED) is 0.559. The Bertz CT molecular complexity index is 785. The van der Waals surface area contributed by atoms with E-state index in [1.54, 1.807) is 11.8 Å². The van der Waals surface area contributed by atoms with E-state index in [4.69, 9.17) is 23.2 Å². The number of allylic oxidation sites excluding steroid dienone is 2. The van der Waals surface area contributed by atoms with Crippen LogP contribution < -0.4 is 10.0 Å². The minimum atomic E-state index is -3.98. The molecule has 1 aromatic carbocycles. The number of hydrogen-bond donors (Lipinski definition) is 2. The Morgan fingerprint density at radius 1 is 1.33 bits per heavy atom. The maximum absolute atomic E-state index is 12.7. The van der Waals surface area contributed by atoms with Crippen LogP contribution in [-0.2, 0) is 14.8 Å². The standard InChI is InChI=1S/C18H24Cl2N2O3S2/c1-26-10-9-16(18(23)21-12-13-5-3-2-4-6-13)22-27(24,25)17-11-14(19)7-8-15(17)20/h2-3,7-8,11,13,16,22H,4-6,9-10,12H2,1H3,(H,21,23). The van der Waals surface area contributed by atoms with E-state index in [0.717, 1.165) is 19.3 Å². The van der Waals surface area contributed by atoms with Crippen LogP contribution in [0.15, 0.2) is 35.2 Å². The van der Waals surface area contributed by atoms with Crippen LogP contribution in [0.1, 0.15) is 25.7 Å². The highest BCUT2D eigenvalue weighted by Crippen LogP contribution is 2.25. The zero-order chi connectivity index (χ0) is 19.9. The molecule has 0 bridgehead atoms. The van der Waals surface area contributed by atoms with Crippen molar-refractivity contribution in [3.8, 4) is 0 Å². The van der Waals surface area contributed by atoms with Crippen molar-refractivity contribution in [1.82, 2.24) is 10.0 Å². The first-order valence-electron chi connectivity index (χ1n) is 8.72. The predicted octanol–water partition coefficient (Wildman–Crippen LogP) is 3.87. The predicted molar refractivity (Wildman–Crippen MR) is 113 cm³/mol. The molecule has 150 valence electrons. The van der Waals surface area contributed by atoms with Gasteiger partial charge in [0.1, 0.15) is 10.9 Å². The van der Waals surface area contributed by atoms with Gasteiger partial charge in [-0.25, -0.2) is 8.42 Å². The fourth-order valence-electron chi connectivity index (χ4n) is 2.82. The number of nitrogens with one attached hydrogen (secondary N) is 2. The Morgan fingerprint density at radius 3 is 2.78 bits per heavy atom. The van der Waals surface area contributed by atoms with E-state index in [0.29, 0.717) is 24.6 Å². The van der Waals surface area contributed by atoms with Gasteiger partial charge in [0.2, 0.25) is 15.9 Å². The van der Waals surface area contributed by atoms with Crippen molar-refractivity contribution < 1.29 is 13.2 Å². The Labute approximate surface area is 175 Å². The lowest BCUT2D eigenvalue weighted by Gasteiger charge is -2.22. The number of amides is 1. The number of carbonyl (C=O) groups excluding carboxylic acids is 1. The van der Waals surface area contributed by atoms with Crippen molar-refractivity contribution in [3.05, 3.63) is 40.4 Å². The van der Waals surface area contributed by atoms with E-state index >= 15 is 0 Å². The summed E-state index contributed by atoms with van der Waals surface area (Å²) < 4.78 is 28.0. The molecule has 0 aliphatic heterocycles. The fraction of sp³-hybridized carbons (Fsp3) is 0.500. The fourth-order valence-corrected chi connectivity index (χ4v) is 5.29. The minimum Gasteiger partial charge on any atom is -0.354 e. The molecule has 0 saturated heterocycles. The van der Waals surface area contributed by atoms with Gasteiger partial charge in [-0.1, -0.05) is 35.4 Å². The van der Waals surface area contributed by atoms with Gasteiger partial charge in [0.05, 0.1) is 5.02 Å². The largest absolute Gasteiger partial charge is 0.354 e. The molecule has 2 rings (SSSR count). The molecule has 0 spiro atoms. The van der Waals surface area contributed by atoms with Crippen molar-refractivity contribution in [2.45, 2.75) is 36.6 Å². The summed E-state index contributed by atoms with van der Waals surface area (Å²) in [5.41, 5.74) is 0. The average Bonchev–Trinajstić information content (AvgIpc) is 2.65. The number of thioether (sulfide) groups is 1. The first kappa shape index (κ1) is 22.6. The summed E-state index contributed by atoms with van der Waals surface area (Å²) in [6, 6.07) is 3.35. The molecular weight excluding hydrogens is 427 g/mol. The van der Waals surface area contributed by atoms with Crippen molar-refractivity contribution in [2.75, 3.05) is 18.6 Å². The maximum Gasteiger partial charge on any atom is 0.242 e. The molecule has 27 heavy (non-hydrogen) atoms. The topological polar surface area (TPSA) is 75.3 Å². The van der Waals surface area contributed by atoms with Gasteiger partial charge in [0, 0.05) is 11.6 Å². The van der Waals surface area contributed by atoms with Crippen LogP contribution in [0, 0.1) is 5.92 Å². The third-order valence-electron chi connectivity index (χ3n) is 4.35. The molecule has 0 aromatic heterocycles. The first-order valence-corrected chi connectivity index (χ1v) is 12.4. The number of halogens is 2. The molecule has 5 nitrogen and oxygen atoms in total. The van der Waals surface area contributed by atoms with Crippen molar-refractivity contribution in [3.63, 3.8) is 0 Å². The second-order valence-electron chi connectivity index (χ2n) is 6.43. The van der Waals surface area contributed by atoms with Gasteiger partial charge >= 0.3 is 0 Å². The summed E-state index contributed by atoms with van der Waals surface area (Å²) in [6.07, 6.45) is 9.52. The minimum absolute atomic E-state index is 0.0601. The third-order valence-corrected chi connectivity index (χ3v) is 7.18. The molecule has 2 unspecified atom stereocenters. The Hall–Kier alpha value is -0.730. The molecule has 1 aliphatic carbocycles. The smallest absolute Gasteiger partial charge is 0.242 e. The molecule has 2 N–H and O–H groups in total. The number of hydrogen-bond acceptors (Lipinski definition) is 4. The Balaban J connectivity index is 2.08. The molecule has 1 aromatic rings. The summed E-state index contributed by atoms with van der Waals surface area (Å²) >= 11 is 13.5. The molecule has 2 atom stereocenters. The number of sulfonamides is 1. The van der Waals surface area contributed by atoms with Crippen molar-refractivity contribution >= 4 is 50.9 Å². The Kier molecular flexibility index (Phi) is 8.95. The lowest BCUT2D eigenvalue weighted by Crippen LogP contribution is -2.48. The van der Waals surface area contributed by atoms with Gasteiger partial charge < -0.3 is 5.32 Å². The van der Waals surface area contributed by atoms with Gasteiger partial charge in [-0.05, 0) is 61.8 Å². The summed E-state index contributed by atoms with van der Waals surface area (Å²) in [7, 11) is -3.98. The zero-order valence-corrected chi connectivity index (χ0v) is 18.2. The van der Waals surface area contributed by atoms with Gasteiger partial charge in [0.25, 0.3) is 0 Å². The van der Waals surface area contributed by atoms with Gasteiger partial charge in [0.15, 0.2) is 0 Å². The highest BCUT2D eigenvalue weighted by molar-refractivity contribution is 7.98. The summed E-state index contributed by atoms with van der Waals surface area (Å²) in [5, 5.41) is 3.21. The van der Waals surface area contributed by atoms with Crippen LogP contribution in [0.2, 0.25) is 10.0 Å². The second-order valence-corrected chi connectivity index (χ2v) is 9.94. The van der Waals surface area contributed by atoms with Crippen LogP contribution in [-0.4, -0.2) is 38.9 Å². The van der Waals surface area contributed by atoms with Crippen molar-refractivity contribution in [1.29, 1.82) is 0 Å². The summed E-state index contributed by atoms with van der Waals surface area (Å²) in [5.74, 6) is 0.718. The summed E-state index contributed by atoms with van der Waals surface area (Å²) in [4.78, 5) is 12.5. The van der Waals surface area contributed by atoms with Gasteiger partial charge in [-0.2, -0.15) is 16.5 Å². The number of carbonyl (C=O) groups is 1. The highest BCUT2D eigenvalue weighted by atomic mass is 35.5. The Morgan fingerprint density at radius 2 is 2.11 bits per heavy atom. The highest BCUT2D eigenvalue weighted by Gasteiger charge is 2.27. The SMILES string of the molecule is CSCCC(NS(=O)(=O)c1cc(Cl)ccc1Cl)C(=O)NCC1CC=CCC1. The van der Waals surface area contributed by atoms with E-state index in [9.17, 15) is 13.2 Å². The van der Waals surface area contributed by atoms with Crippen molar-refractivity contribution in [2.24, 2.45) is 5.92 Å². The third kappa shape index (κ3) is 6.98. The number of rotatable bonds is 9. The molecule has 0 heterocycles. The van der Waals surface area contributed by atoms with Crippen LogP contribution in [0.4, 0.5) is 0 Å². The maximum atomic E-state index is 12.7. The van der Waals surface area contributed by atoms with Crippen LogP contribution in [0.3, 0.4) is 0 Å². The molecule has 0 radical (unpaired) electrons. The van der Waals surface area contributed by atoms with E-state index in [2.05, 4.69) is 22.2 Å².